The van der Waals surface area contributed by atoms with E-state index >= 15 is 0 Å². The summed E-state index contributed by atoms with van der Waals surface area (Å²) in [6.07, 6.45) is 2.43. The maximum Gasteiger partial charge on any atom is 0.269 e. The monoisotopic (exact) mass is 314 g/mol. The number of aliphatic hydroxyl groups is 1. The molecule has 0 aliphatic carbocycles. The Balaban J connectivity index is 2.58. The molecule has 18 heavy (non-hydrogen) atoms. The number of rotatable bonds is 5. The van der Waals surface area contributed by atoms with Crippen LogP contribution in [-0.2, 0) is 0 Å². The number of halogens is 1. The maximum atomic E-state index is 11.8. The molecule has 0 spiro atoms. The minimum Gasteiger partial charge on any atom is -0.388 e. The molecule has 0 aliphatic heterocycles. The zero-order chi connectivity index (χ0) is 13.8. The van der Waals surface area contributed by atoms with Crippen LogP contribution in [0.5, 0.6) is 0 Å². The number of aromatic nitrogens is 1. The molecular weight excluding hydrogens is 296 g/mol. The Morgan fingerprint density at radius 1 is 1.61 bits per heavy atom. The molecule has 4 nitrogen and oxygen atoms in total. The van der Waals surface area contributed by atoms with Gasteiger partial charge in [0.1, 0.15) is 5.69 Å². The van der Waals surface area contributed by atoms with Crippen LogP contribution in [0.15, 0.2) is 22.8 Å². The van der Waals surface area contributed by atoms with E-state index in [0.29, 0.717) is 5.69 Å². The summed E-state index contributed by atoms with van der Waals surface area (Å²) in [6, 6.07) is 3.39. The van der Waals surface area contributed by atoms with Crippen molar-refractivity contribution in [1.29, 1.82) is 0 Å². The zero-order valence-electron chi connectivity index (χ0n) is 10.9. The van der Waals surface area contributed by atoms with Crippen LogP contribution in [0.1, 0.15) is 37.7 Å². The van der Waals surface area contributed by atoms with Crippen molar-refractivity contribution >= 4 is 21.8 Å². The molecule has 1 aromatic rings. The Morgan fingerprint density at radius 3 is 2.78 bits per heavy atom. The maximum absolute atomic E-state index is 11.8. The zero-order valence-corrected chi connectivity index (χ0v) is 12.5. The van der Waals surface area contributed by atoms with Crippen molar-refractivity contribution in [2.24, 2.45) is 5.92 Å². The minimum absolute atomic E-state index is 0.121. The number of nitrogens with one attached hydrogen (secondary N) is 1. The first-order chi connectivity index (χ1) is 8.36. The summed E-state index contributed by atoms with van der Waals surface area (Å²) in [5.74, 6) is -0.151. The number of hydrogen-bond donors (Lipinski definition) is 2. The average molecular weight is 315 g/mol. The van der Waals surface area contributed by atoms with Crippen LogP contribution < -0.4 is 5.32 Å². The van der Waals surface area contributed by atoms with E-state index in [-0.39, 0.29) is 18.4 Å². The van der Waals surface area contributed by atoms with Gasteiger partial charge in [-0.25, -0.2) is 4.98 Å². The van der Waals surface area contributed by atoms with E-state index in [0.717, 1.165) is 10.9 Å². The van der Waals surface area contributed by atoms with Crippen LogP contribution in [0.25, 0.3) is 0 Å². The van der Waals surface area contributed by atoms with Crippen LogP contribution in [0, 0.1) is 5.92 Å². The molecule has 0 saturated carbocycles. The molecule has 1 aromatic heterocycles. The summed E-state index contributed by atoms with van der Waals surface area (Å²) in [5.41, 5.74) is -0.557. The number of amides is 1. The largest absolute Gasteiger partial charge is 0.388 e. The molecule has 0 radical (unpaired) electrons. The molecule has 0 aromatic carbocycles. The molecule has 1 heterocycles. The average Bonchev–Trinajstić information content (AvgIpc) is 2.35. The van der Waals surface area contributed by atoms with E-state index in [1.807, 2.05) is 13.8 Å². The molecule has 2 unspecified atom stereocenters. The second kappa shape index (κ2) is 6.29. The first-order valence-corrected chi connectivity index (χ1v) is 6.78. The van der Waals surface area contributed by atoms with Gasteiger partial charge in [0.2, 0.25) is 0 Å². The molecule has 2 atom stereocenters. The number of pyridine rings is 1. The molecule has 0 fully saturated rings. The quantitative estimate of drug-likeness (QED) is 0.877. The number of carbonyl (C=O) groups is 1. The van der Waals surface area contributed by atoms with Crippen molar-refractivity contribution in [3.63, 3.8) is 0 Å². The topological polar surface area (TPSA) is 62.2 Å². The second-order valence-corrected chi connectivity index (χ2v) is 5.63. The van der Waals surface area contributed by atoms with Crippen LogP contribution in [0.2, 0.25) is 0 Å². The van der Waals surface area contributed by atoms with E-state index in [1.165, 1.54) is 0 Å². The van der Waals surface area contributed by atoms with E-state index in [9.17, 15) is 9.90 Å². The highest BCUT2D eigenvalue weighted by Crippen LogP contribution is 2.19. The molecule has 2 N–H and O–H groups in total. The fourth-order valence-corrected chi connectivity index (χ4v) is 1.71. The van der Waals surface area contributed by atoms with E-state index in [2.05, 4.69) is 26.2 Å². The second-order valence-electron chi connectivity index (χ2n) is 4.71. The van der Waals surface area contributed by atoms with Gasteiger partial charge in [0.25, 0.3) is 5.91 Å². The third-order valence-electron chi connectivity index (χ3n) is 3.24. The van der Waals surface area contributed by atoms with Crippen molar-refractivity contribution in [1.82, 2.24) is 10.3 Å². The summed E-state index contributed by atoms with van der Waals surface area (Å²) < 4.78 is 0.825. The summed E-state index contributed by atoms with van der Waals surface area (Å²) in [6.45, 7) is 5.93. The molecule has 1 amide bonds. The Hall–Kier alpha value is -0.940. The third kappa shape index (κ3) is 4.07. The SMILES string of the molecule is CCC(C)C(C)(O)CNC(=O)c1ccc(Br)cn1. The van der Waals surface area contributed by atoms with Crippen LogP contribution in [0.3, 0.4) is 0 Å². The number of nitrogens with zero attached hydrogens (tertiary/aromatic N) is 1. The van der Waals surface area contributed by atoms with Crippen molar-refractivity contribution in [2.45, 2.75) is 32.8 Å². The molecule has 1 rings (SSSR count). The van der Waals surface area contributed by atoms with Gasteiger partial charge in [0, 0.05) is 17.2 Å². The van der Waals surface area contributed by atoms with Gasteiger partial charge >= 0.3 is 0 Å². The van der Waals surface area contributed by atoms with Gasteiger partial charge in [-0.2, -0.15) is 0 Å². The molecular formula is C13H19BrN2O2. The third-order valence-corrected chi connectivity index (χ3v) is 3.71. The lowest BCUT2D eigenvalue weighted by Gasteiger charge is -2.29. The smallest absolute Gasteiger partial charge is 0.269 e. The van der Waals surface area contributed by atoms with Gasteiger partial charge < -0.3 is 10.4 Å². The van der Waals surface area contributed by atoms with Gasteiger partial charge in [-0.15, -0.1) is 0 Å². The normalized spacial score (nSPS) is 15.8. The van der Waals surface area contributed by atoms with Crippen molar-refractivity contribution in [3.05, 3.63) is 28.5 Å². The Kier molecular flexibility index (Phi) is 5.28. The first kappa shape index (κ1) is 15.1. The van der Waals surface area contributed by atoms with Crippen molar-refractivity contribution in [2.75, 3.05) is 6.54 Å². The van der Waals surface area contributed by atoms with E-state index in [1.54, 1.807) is 25.3 Å². The minimum atomic E-state index is -0.903. The van der Waals surface area contributed by atoms with Crippen molar-refractivity contribution < 1.29 is 9.90 Å². The fraction of sp³-hybridized carbons (Fsp3) is 0.538. The number of hydrogen-bond acceptors (Lipinski definition) is 3. The van der Waals surface area contributed by atoms with E-state index in [4.69, 9.17) is 0 Å². The number of carbonyl (C=O) groups excluding carboxylic acids is 1. The summed E-state index contributed by atoms with van der Waals surface area (Å²) in [4.78, 5) is 15.8. The fourth-order valence-electron chi connectivity index (χ4n) is 1.47. The summed E-state index contributed by atoms with van der Waals surface area (Å²) in [5, 5.41) is 12.9. The van der Waals surface area contributed by atoms with E-state index < -0.39 is 5.60 Å². The predicted molar refractivity (Wildman–Crippen MR) is 74.3 cm³/mol. The lowest BCUT2D eigenvalue weighted by Crippen LogP contribution is -2.45. The standard InChI is InChI=1S/C13H19BrN2O2/c1-4-9(2)13(3,18)8-16-12(17)11-6-5-10(14)7-15-11/h5-7,9,18H,4,8H2,1-3H3,(H,16,17). The molecule has 0 aliphatic rings. The molecule has 100 valence electrons. The van der Waals surface area contributed by atoms with Gasteiger partial charge in [-0.3, -0.25) is 4.79 Å². The van der Waals surface area contributed by atoms with Gasteiger partial charge in [0.15, 0.2) is 0 Å². The summed E-state index contributed by atoms with van der Waals surface area (Å²) >= 11 is 3.26. The lowest BCUT2D eigenvalue weighted by atomic mass is 9.88. The lowest BCUT2D eigenvalue weighted by molar-refractivity contribution is 0.00588. The first-order valence-electron chi connectivity index (χ1n) is 5.99. The van der Waals surface area contributed by atoms with Crippen LogP contribution in [0.4, 0.5) is 0 Å². The van der Waals surface area contributed by atoms with Crippen molar-refractivity contribution in [3.8, 4) is 0 Å². The van der Waals surface area contributed by atoms with Gasteiger partial charge in [-0.05, 0) is 40.9 Å². The van der Waals surface area contributed by atoms with Gasteiger partial charge in [0.05, 0.1) is 5.60 Å². The van der Waals surface area contributed by atoms with Crippen LogP contribution in [-0.4, -0.2) is 28.1 Å². The highest BCUT2D eigenvalue weighted by atomic mass is 79.9. The highest BCUT2D eigenvalue weighted by molar-refractivity contribution is 9.10. The Morgan fingerprint density at radius 2 is 2.28 bits per heavy atom. The Bertz CT molecular complexity index is 404. The van der Waals surface area contributed by atoms with Crippen LogP contribution >= 0.6 is 15.9 Å². The molecule has 0 bridgehead atoms. The summed E-state index contributed by atoms with van der Waals surface area (Å²) in [7, 11) is 0. The van der Waals surface area contributed by atoms with Gasteiger partial charge in [-0.1, -0.05) is 20.3 Å². The Labute approximate surface area is 116 Å². The molecule has 5 heteroatoms. The molecule has 0 saturated heterocycles. The highest BCUT2D eigenvalue weighted by Gasteiger charge is 2.27. The predicted octanol–water partition coefficient (Wildman–Crippen LogP) is 2.37.